The summed E-state index contributed by atoms with van der Waals surface area (Å²) in [6, 6.07) is 12.9. The van der Waals surface area contributed by atoms with E-state index in [4.69, 9.17) is 0 Å². The Morgan fingerprint density at radius 3 is 2.59 bits per heavy atom. The molecule has 1 aromatic heterocycles. The van der Waals surface area contributed by atoms with E-state index in [1.807, 2.05) is 24.5 Å². The Morgan fingerprint density at radius 2 is 1.86 bits per heavy atom. The van der Waals surface area contributed by atoms with Crippen molar-refractivity contribution in [2.75, 3.05) is 18.4 Å². The average molecular weight is 295 g/mol. The second kappa shape index (κ2) is 7.41. The summed E-state index contributed by atoms with van der Waals surface area (Å²) in [6.07, 6.45) is 6.39. The van der Waals surface area contributed by atoms with Gasteiger partial charge in [0.1, 0.15) is 0 Å². The molecule has 3 heteroatoms. The van der Waals surface area contributed by atoms with Crippen LogP contribution in [0, 0.1) is 5.92 Å². The van der Waals surface area contributed by atoms with Crippen molar-refractivity contribution in [3.63, 3.8) is 0 Å². The summed E-state index contributed by atoms with van der Waals surface area (Å²) >= 11 is 0. The molecule has 1 atom stereocenters. The van der Waals surface area contributed by atoms with Crippen LogP contribution < -0.4 is 5.32 Å². The molecule has 3 nitrogen and oxygen atoms in total. The van der Waals surface area contributed by atoms with Crippen molar-refractivity contribution in [1.82, 2.24) is 9.88 Å². The number of nitrogens with one attached hydrogen (secondary N) is 1. The van der Waals surface area contributed by atoms with E-state index in [9.17, 15) is 0 Å². The molecule has 1 aliphatic heterocycles. The molecule has 1 fully saturated rings. The molecular weight excluding hydrogens is 270 g/mol. The lowest BCUT2D eigenvalue weighted by atomic mass is 10.00. The summed E-state index contributed by atoms with van der Waals surface area (Å²) in [6.45, 7) is 6.76. The summed E-state index contributed by atoms with van der Waals surface area (Å²) in [4.78, 5) is 6.62. The van der Waals surface area contributed by atoms with Crippen LogP contribution in [0.2, 0.25) is 0 Å². The first-order valence-electron chi connectivity index (χ1n) is 8.23. The third kappa shape index (κ3) is 4.31. The molecule has 0 radical (unpaired) electrons. The number of likely N-dealkylation sites (tertiary alicyclic amines) is 1. The number of benzene rings is 1. The molecule has 0 saturated carbocycles. The lowest BCUT2D eigenvalue weighted by Gasteiger charge is -2.30. The number of aromatic nitrogens is 1. The van der Waals surface area contributed by atoms with Crippen molar-refractivity contribution in [3.05, 3.63) is 59.9 Å². The molecule has 0 bridgehead atoms. The van der Waals surface area contributed by atoms with Crippen LogP contribution in [-0.2, 0) is 13.1 Å². The quantitative estimate of drug-likeness (QED) is 0.906. The van der Waals surface area contributed by atoms with Crippen LogP contribution in [0.25, 0.3) is 0 Å². The van der Waals surface area contributed by atoms with Crippen molar-refractivity contribution >= 4 is 5.69 Å². The van der Waals surface area contributed by atoms with E-state index in [2.05, 4.69) is 46.4 Å². The molecular formula is C19H25N3. The van der Waals surface area contributed by atoms with Gasteiger partial charge in [-0.05, 0) is 60.7 Å². The second-order valence-corrected chi connectivity index (χ2v) is 6.39. The lowest BCUT2D eigenvalue weighted by Crippen LogP contribution is -2.33. The standard InChI is InChI=1S/C19H25N3/c1-16-3-2-12-22(14-16)15-18-4-6-19(7-5-18)21-13-17-8-10-20-11-9-17/h4-11,16,21H,2-3,12-15H2,1H3. The van der Waals surface area contributed by atoms with Crippen LogP contribution in [0.3, 0.4) is 0 Å². The van der Waals surface area contributed by atoms with Gasteiger partial charge in [0.2, 0.25) is 0 Å². The number of nitrogens with zero attached hydrogens (tertiary/aromatic N) is 2. The predicted molar refractivity (Wildman–Crippen MR) is 91.7 cm³/mol. The molecule has 3 rings (SSSR count). The third-order valence-corrected chi connectivity index (χ3v) is 4.35. The first kappa shape index (κ1) is 15.0. The van der Waals surface area contributed by atoms with Crippen molar-refractivity contribution in [1.29, 1.82) is 0 Å². The summed E-state index contributed by atoms with van der Waals surface area (Å²) in [5, 5.41) is 3.46. The van der Waals surface area contributed by atoms with Crippen molar-refractivity contribution in [2.45, 2.75) is 32.9 Å². The van der Waals surface area contributed by atoms with Gasteiger partial charge in [0.15, 0.2) is 0 Å². The lowest BCUT2D eigenvalue weighted by molar-refractivity contribution is 0.176. The van der Waals surface area contributed by atoms with Gasteiger partial charge < -0.3 is 5.32 Å². The highest BCUT2D eigenvalue weighted by Crippen LogP contribution is 2.19. The Bertz CT molecular complexity index is 565. The van der Waals surface area contributed by atoms with Gasteiger partial charge in [-0.1, -0.05) is 19.1 Å². The fraction of sp³-hybridized carbons (Fsp3) is 0.421. The molecule has 1 aliphatic rings. The summed E-state index contributed by atoms with van der Waals surface area (Å²) in [5.41, 5.74) is 3.83. The van der Waals surface area contributed by atoms with Crippen molar-refractivity contribution < 1.29 is 0 Å². The number of anilines is 1. The van der Waals surface area contributed by atoms with Crippen LogP contribution in [-0.4, -0.2) is 23.0 Å². The van der Waals surface area contributed by atoms with Crippen LogP contribution in [0.15, 0.2) is 48.8 Å². The van der Waals surface area contributed by atoms with Gasteiger partial charge in [-0.25, -0.2) is 0 Å². The van der Waals surface area contributed by atoms with E-state index in [0.717, 1.165) is 19.0 Å². The van der Waals surface area contributed by atoms with Crippen LogP contribution in [0.5, 0.6) is 0 Å². The number of pyridine rings is 1. The number of rotatable bonds is 5. The van der Waals surface area contributed by atoms with Gasteiger partial charge in [0, 0.05) is 37.7 Å². The van der Waals surface area contributed by atoms with Gasteiger partial charge in [0.05, 0.1) is 0 Å². The summed E-state index contributed by atoms with van der Waals surface area (Å²) in [7, 11) is 0. The van der Waals surface area contributed by atoms with E-state index in [1.54, 1.807) is 0 Å². The maximum Gasteiger partial charge on any atom is 0.0401 e. The third-order valence-electron chi connectivity index (χ3n) is 4.35. The van der Waals surface area contributed by atoms with Crippen molar-refractivity contribution in [3.8, 4) is 0 Å². The zero-order chi connectivity index (χ0) is 15.2. The highest BCUT2D eigenvalue weighted by atomic mass is 15.1. The molecule has 0 amide bonds. The topological polar surface area (TPSA) is 28.2 Å². The van der Waals surface area contributed by atoms with Gasteiger partial charge >= 0.3 is 0 Å². The molecule has 1 N–H and O–H groups in total. The Kier molecular flexibility index (Phi) is 5.07. The summed E-state index contributed by atoms with van der Waals surface area (Å²) < 4.78 is 0. The van der Waals surface area contributed by atoms with E-state index in [0.29, 0.717) is 0 Å². The number of hydrogen-bond acceptors (Lipinski definition) is 3. The predicted octanol–water partition coefficient (Wildman–Crippen LogP) is 3.93. The highest BCUT2D eigenvalue weighted by Gasteiger charge is 2.15. The fourth-order valence-electron chi connectivity index (χ4n) is 3.12. The molecule has 116 valence electrons. The Labute approximate surface area is 133 Å². The maximum absolute atomic E-state index is 4.04. The molecule has 22 heavy (non-hydrogen) atoms. The normalized spacial score (nSPS) is 19.0. The Hall–Kier alpha value is -1.87. The van der Waals surface area contributed by atoms with E-state index in [1.165, 1.54) is 42.7 Å². The zero-order valence-electron chi connectivity index (χ0n) is 13.3. The minimum Gasteiger partial charge on any atom is -0.381 e. The van der Waals surface area contributed by atoms with E-state index in [-0.39, 0.29) is 0 Å². The molecule has 0 spiro atoms. The minimum atomic E-state index is 0.839. The summed E-state index contributed by atoms with van der Waals surface area (Å²) in [5.74, 6) is 0.843. The van der Waals surface area contributed by atoms with Gasteiger partial charge in [-0.15, -0.1) is 0 Å². The van der Waals surface area contributed by atoms with Gasteiger partial charge in [-0.2, -0.15) is 0 Å². The first-order valence-corrected chi connectivity index (χ1v) is 8.23. The largest absolute Gasteiger partial charge is 0.381 e. The van der Waals surface area contributed by atoms with Gasteiger partial charge in [0.25, 0.3) is 0 Å². The monoisotopic (exact) mass is 295 g/mol. The molecule has 2 aromatic rings. The second-order valence-electron chi connectivity index (χ2n) is 6.39. The Morgan fingerprint density at radius 1 is 1.09 bits per heavy atom. The molecule has 2 heterocycles. The van der Waals surface area contributed by atoms with Crippen LogP contribution >= 0.6 is 0 Å². The van der Waals surface area contributed by atoms with Crippen LogP contribution in [0.1, 0.15) is 30.9 Å². The van der Waals surface area contributed by atoms with Crippen LogP contribution in [0.4, 0.5) is 5.69 Å². The smallest absolute Gasteiger partial charge is 0.0401 e. The van der Waals surface area contributed by atoms with E-state index >= 15 is 0 Å². The molecule has 1 saturated heterocycles. The fourth-order valence-corrected chi connectivity index (χ4v) is 3.12. The molecule has 1 unspecified atom stereocenters. The molecule has 1 aromatic carbocycles. The zero-order valence-corrected chi connectivity index (χ0v) is 13.3. The molecule has 0 aliphatic carbocycles. The highest BCUT2D eigenvalue weighted by molar-refractivity contribution is 5.45. The number of hydrogen-bond donors (Lipinski definition) is 1. The maximum atomic E-state index is 4.04. The van der Waals surface area contributed by atoms with E-state index < -0.39 is 0 Å². The SMILES string of the molecule is CC1CCCN(Cc2ccc(NCc3ccncc3)cc2)C1. The van der Waals surface area contributed by atoms with Gasteiger partial charge in [-0.3, -0.25) is 9.88 Å². The number of piperidine rings is 1. The minimum absolute atomic E-state index is 0.839. The van der Waals surface area contributed by atoms with Crippen molar-refractivity contribution in [2.24, 2.45) is 5.92 Å². The average Bonchev–Trinajstić information content (AvgIpc) is 2.55. The first-order chi connectivity index (χ1) is 10.8. The Balaban J connectivity index is 1.51.